The van der Waals surface area contributed by atoms with E-state index in [-0.39, 0.29) is 12.4 Å². The fourth-order valence-electron chi connectivity index (χ4n) is 2.13. The summed E-state index contributed by atoms with van der Waals surface area (Å²) in [7, 11) is 2.01. The third-order valence-corrected chi connectivity index (χ3v) is 3.20. The van der Waals surface area contributed by atoms with Crippen molar-refractivity contribution in [3.8, 4) is 11.1 Å². The lowest BCUT2D eigenvalue weighted by atomic mass is 10.0. The van der Waals surface area contributed by atoms with Crippen molar-refractivity contribution < 1.29 is 0 Å². The highest BCUT2D eigenvalue weighted by molar-refractivity contribution is 5.85. The maximum absolute atomic E-state index is 3.18. The van der Waals surface area contributed by atoms with Gasteiger partial charge in [-0.1, -0.05) is 54.6 Å². The minimum absolute atomic E-state index is 0. The molecular weight excluding hydrogens is 254 g/mol. The van der Waals surface area contributed by atoms with Crippen LogP contribution in [0.3, 0.4) is 0 Å². The van der Waals surface area contributed by atoms with E-state index in [1.54, 1.807) is 0 Å². The summed E-state index contributed by atoms with van der Waals surface area (Å²) in [6.07, 6.45) is 3.68. The summed E-state index contributed by atoms with van der Waals surface area (Å²) in [6.45, 7) is 1.11. The Bertz CT molecular complexity index is 450. The molecule has 102 valence electrons. The fourth-order valence-corrected chi connectivity index (χ4v) is 2.13. The number of nitrogens with one attached hydrogen (secondary N) is 1. The summed E-state index contributed by atoms with van der Waals surface area (Å²) in [6, 6.07) is 19.5. The summed E-state index contributed by atoms with van der Waals surface area (Å²) in [5.41, 5.74) is 4.03. The molecule has 0 atom stereocenters. The molecule has 0 aliphatic rings. The van der Waals surface area contributed by atoms with E-state index in [1.165, 1.54) is 36.0 Å². The lowest BCUT2D eigenvalue weighted by Gasteiger charge is -2.04. The van der Waals surface area contributed by atoms with Crippen LogP contribution in [-0.4, -0.2) is 13.6 Å². The topological polar surface area (TPSA) is 12.0 Å². The van der Waals surface area contributed by atoms with Gasteiger partial charge in [0.1, 0.15) is 0 Å². The molecular formula is C17H22ClN. The van der Waals surface area contributed by atoms with Crippen molar-refractivity contribution >= 4 is 12.4 Å². The SMILES string of the molecule is CNCCCCc1ccc(-c2ccccc2)cc1.Cl. The number of unbranched alkanes of at least 4 members (excludes halogenated alkanes) is 1. The zero-order chi connectivity index (χ0) is 12.6. The van der Waals surface area contributed by atoms with Crippen molar-refractivity contribution in [2.75, 3.05) is 13.6 Å². The largest absolute Gasteiger partial charge is 0.320 e. The summed E-state index contributed by atoms with van der Waals surface area (Å²) in [5, 5.41) is 3.18. The Morgan fingerprint density at radius 3 is 2.05 bits per heavy atom. The van der Waals surface area contributed by atoms with Crippen molar-refractivity contribution in [2.24, 2.45) is 0 Å². The first-order valence-corrected chi connectivity index (χ1v) is 6.69. The molecule has 0 unspecified atom stereocenters. The second-order valence-electron chi connectivity index (χ2n) is 4.62. The Kier molecular flexibility index (Phi) is 7.24. The van der Waals surface area contributed by atoms with Gasteiger partial charge >= 0.3 is 0 Å². The predicted octanol–water partition coefficient (Wildman–Crippen LogP) is 4.32. The van der Waals surface area contributed by atoms with Gasteiger partial charge in [0, 0.05) is 0 Å². The van der Waals surface area contributed by atoms with E-state index < -0.39 is 0 Å². The van der Waals surface area contributed by atoms with Crippen molar-refractivity contribution in [1.82, 2.24) is 5.32 Å². The summed E-state index contributed by atoms with van der Waals surface area (Å²) < 4.78 is 0. The van der Waals surface area contributed by atoms with E-state index in [0.29, 0.717) is 0 Å². The first kappa shape index (κ1) is 15.7. The third-order valence-electron chi connectivity index (χ3n) is 3.20. The molecule has 2 heteroatoms. The number of aryl methyl sites for hydroxylation is 1. The van der Waals surface area contributed by atoms with Gasteiger partial charge in [-0.25, -0.2) is 0 Å². The zero-order valence-electron chi connectivity index (χ0n) is 11.4. The Morgan fingerprint density at radius 1 is 0.789 bits per heavy atom. The van der Waals surface area contributed by atoms with Crippen molar-refractivity contribution in [3.63, 3.8) is 0 Å². The van der Waals surface area contributed by atoms with Crippen LogP contribution in [0.1, 0.15) is 18.4 Å². The second-order valence-corrected chi connectivity index (χ2v) is 4.62. The molecule has 0 saturated carbocycles. The van der Waals surface area contributed by atoms with Crippen molar-refractivity contribution in [3.05, 3.63) is 60.2 Å². The fraction of sp³-hybridized carbons (Fsp3) is 0.294. The molecule has 0 saturated heterocycles. The molecule has 0 amide bonds. The molecule has 0 aromatic heterocycles. The highest BCUT2D eigenvalue weighted by Crippen LogP contribution is 2.19. The van der Waals surface area contributed by atoms with Crippen molar-refractivity contribution in [1.29, 1.82) is 0 Å². The lowest BCUT2D eigenvalue weighted by molar-refractivity contribution is 0.677. The van der Waals surface area contributed by atoms with E-state index in [1.807, 2.05) is 7.05 Å². The Labute approximate surface area is 122 Å². The van der Waals surface area contributed by atoms with Gasteiger partial charge in [-0.05, 0) is 49.5 Å². The smallest absolute Gasteiger partial charge is 0.00518 e. The van der Waals surface area contributed by atoms with Crippen LogP contribution in [0.2, 0.25) is 0 Å². The van der Waals surface area contributed by atoms with E-state index >= 15 is 0 Å². The normalized spacial score (nSPS) is 9.95. The van der Waals surface area contributed by atoms with Gasteiger partial charge in [0.15, 0.2) is 0 Å². The zero-order valence-corrected chi connectivity index (χ0v) is 12.2. The Morgan fingerprint density at radius 2 is 1.42 bits per heavy atom. The molecule has 0 radical (unpaired) electrons. The van der Waals surface area contributed by atoms with E-state index in [9.17, 15) is 0 Å². The highest BCUT2D eigenvalue weighted by Gasteiger charge is 1.97. The first-order chi connectivity index (χ1) is 8.90. The van der Waals surface area contributed by atoms with E-state index in [4.69, 9.17) is 0 Å². The molecule has 0 heterocycles. The van der Waals surface area contributed by atoms with Crippen LogP contribution < -0.4 is 5.32 Å². The van der Waals surface area contributed by atoms with Crippen LogP contribution in [0.25, 0.3) is 11.1 Å². The molecule has 0 aliphatic heterocycles. The van der Waals surface area contributed by atoms with Crippen LogP contribution in [0, 0.1) is 0 Å². The Hall–Kier alpha value is -1.31. The minimum Gasteiger partial charge on any atom is -0.320 e. The van der Waals surface area contributed by atoms with Crippen LogP contribution >= 0.6 is 12.4 Å². The molecule has 1 nitrogen and oxygen atoms in total. The first-order valence-electron chi connectivity index (χ1n) is 6.69. The average Bonchev–Trinajstić information content (AvgIpc) is 2.45. The third kappa shape index (κ3) is 5.06. The lowest BCUT2D eigenvalue weighted by Crippen LogP contribution is -2.07. The van der Waals surface area contributed by atoms with Crippen LogP contribution in [0.4, 0.5) is 0 Å². The maximum atomic E-state index is 3.18. The molecule has 2 rings (SSSR count). The molecule has 0 fully saturated rings. The Balaban J connectivity index is 0.00000180. The quantitative estimate of drug-likeness (QED) is 0.775. The van der Waals surface area contributed by atoms with E-state index in [0.717, 1.165) is 6.54 Å². The van der Waals surface area contributed by atoms with Crippen LogP contribution in [0.5, 0.6) is 0 Å². The molecule has 0 spiro atoms. The predicted molar refractivity (Wildman–Crippen MR) is 86.0 cm³/mol. The number of hydrogen-bond acceptors (Lipinski definition) is 1. The molecule has 2 aromatic rings. The number of halogens is 1. The summed E-state index contributed by atoms with van der Waals surface area (Å²) >= 11 is 0. The molecule has 0 aliphatic carbocycles. The number of benzene rings is 2. The van der Waals surface area contributed by atoms with Gasteiger partial charge in [0.2, 0.25) is 0 Å². The molecule has 1 N–H and O–H groups in total. The number of hydrogen-bond donors (Lipinski definition) is 1. The molecule has 19 heavy (non-hydrogen) atoms. The maximum Gasteiger partial charge on any atom is -0.00518 e. The van der Waals surface area contributed by atoms with Gasteiger partial charge in [0.25, 0.3) is 0 Å². The van der Waals surface area contributed by atoms with Gasteiger partial charge in [-0.3, -0.25) is 0 Å². The summed E-state index contributed by atoms with van der Waals surface area (Å²) in [4.78, 5) is 0. The van der Waals surface area contributed by atoms with Gasteiger partial charge in [-0.15, -0.1) is 12.4 Å². The van der Waals surface area contributed by atoms with Gasteiger partial charge in [0.05, 0.1) is 0 Å². The van der Waals surface area contributed by atoms with Crippen LogP contribution in [0.15, 0.2) is 54.6 Å². The standard InChI is InChI=1S/C17H21N.ClH/c1-18-14-6-5-7-15-10-12-17(13-11-15)16-8-3-2-4-9-16;/h2-4,8-13,18H,5-7,14H2,1H3;1H. The van der Waals surface area contributed by atoms with Gasteiger partial charge < -0.3 is 5.32 Å². The van der Waals surface area contributed by atoms with Gasteiger partial charge in [-0.2, -0.15) is 0 Å². The number of rotatable bonds is 6. The summed E-state index contributed by atoms with van der Waals surface area (Å²) in [5.74, 6) is 0. The monoisotopic (exact) mass is 275 g/mol. The average molecular weight is 276 g/mol. The van der Waals surface area contributed by atoms with E-state index in [2.05, 4.69) is 59.9 Å². The molecule has 0 bridgehead atoms. The van der Waals surface area contributed by atoms with Crippen molar-refractivity contribution in [2.45, 2.75) is 19.3 Å². The highest BCUT2D eigenvalue weighted by atomic mass is 35.5. The molecule has 2 aromatic carbocycles. The second kappa shape index (κ2) is 8.73. The van der Waals surface area contributed by atoms with Crippen LogP contribution in [-0.2, 0) is 6.42 Å². The minimum atomic E-state index is 0.